The van der Waals surface area contributed by atoms with Gasteiger partial charge in [0.25, 0.3) is 12.3 Å². The predicted molar refractivity (Wildman–Crippen MR) is 124 cm³/mol. The fraction of sp³-hybridized carbons (Fsp3) is 0.429. The molecule has 3 rings (SSSR count). The lowest BCUT2D eigenvalue weighted by molar-refractivity contribution is 0.0657. The number of guanidine groups is 1. The van der Waals surface area contributed by atoms with E-state index in [-0.39, 0.29) is 29.9 Å². The molecular weight excluding hydrogens is 521 g/mol. The number of furan rings is 1. The molecule has 0 radical (unpaired) electrons. The molecule has 31 heavy (non-hydrogen) atoms. The fourth-order valence-corrected chi connectivity index (χ4v) is 3.16. The molecule has 1 saturated heterocycles. The van der Waals surface area contributed by atoms with Gasteiger partial charge in [-0.3, -0.25) is 4.79 Å². The summed E-state index contributed by atoms with van der Waals surface area (Å²) in [5.74, 6) is 1.39. The standard InChI is InChI=1S/C21H26F2N4O3.HI/c1-2-24-21(25-14-16-5-3-6-17(13-16)30-15-19(22)23)27-10-8-26(9-11-27)20(28)18-7-4-12-29-18;/h3-7,12-13,19H,2,8-11,14-15H2,1H3,(H,24,25);1H. The lowest BCUT2D eigenvalue weighted by Crippen LogP contribution is -2.53. The van der Waals surface area contributed by atoms with Gasteiger partial charge in [0.2, 0.25) is 0 Å². The molecule has 7 nitrogen and oxygen atoms in total. The first kappa shape index (κ1) is 24.9. The van der Waals surface area contributed by atoms with E-state index in [0.29, 0.717) is 50.8 Å². The van der Waals surface area contributed by atoms with Gasteiger partial charge >= 0.3 is 0 Å². The van der Waals surface area contributed by atoms with E-state index in [4.69, 9.17) is 9.15 Å². The van der Waals surface area contributed by atoms with Gasteiger partial charge in [-0.25, -0.2) is 13.8 Å². The summed E-state index contributed by atoms with van der Waals surface area (Å²) in [6.45, 7) is 4.90. The number of piperazine rings is 1. The molecule has 2 aromatic rings. The number of alkyl halides is 2. The molecule has 1 amide bonds. The van der Waals surface area contributed by atoms with Gasteiger partial charge in [-0.05, 0) is 36.8 Å². The molecule has 1 aliphatic heterocycles. The third kappa shape index (κ3) is 7.37. The van der Waals surface area contributed by atoms with Crippen LogP contribution in [0.4, 0.5) is 8.78 Å². The summed E-state index contributed by atoms with van der Waals surface area (Å²) < 4.78 is 34.9. The number of hydrogen-bond acceptors (Lipinski definition) is 4. The fourth-order valence-electron chi connectivity index (χ4n) is 3.16. The Kier molecular flexibility index (Phi) is 10.0. The zero-order chi connectivity index (χ0) is 21.3. The van der Waals surface area contributed by atoms with Gasteiger partial charge in [-0.2, -0.15) is 0 Å². The van der Waals surface area contributed by atoms with Gasteiger partial charge < -0.3 is 24.3 Å². The Balaban J connectivity index is 0.00000341. The highest BCUT2D eigenvalue weighted by molar-refractivity contribution is 14.0. The molecule has 1 N–H and O–H groups in total. The molecule has 1 aromatic carbocycles. The van der Waals surface area contributed by atoms with Crippen molar-refractivity contribution in [1.82, 2.24) is 15.1 Å². The number of amides is 1. The molecule has 0 spiro atoms. The minimum atomic E-state index is -2.51. The molecule has 10 heteroatoms. The predicted octanol–water partition coefficient (Wildman–Crippen LogP) is 3.47. The van der Waals surface area contributed by atoms with E-state index in [9.17, 15) is 13.6 Å². The summed E-state index contributed by atoms with van der Waals surface area (Å²) in [4.78, 5) is 20.9. The van der Waals surface area contributed by atoms with Crippen LogP contribution in [0.5, 0.6) is 5.75 Å². The van der Waals surface area contributed by atoms with Crippen LogP contribution in [-0.4, -0.2) is 67.4 Å². The second-order valence-electron chi connectivity index (χ2n) is 6.78. The largest absolute Gasteiger partial charge is 0.488 e. The molecule has 1 fully saturated rings. The van der Waals surface area contributed by atoms with Gasteiger partial charge in [0.05, 0.1) is 12.8 Å². The normalized spacial score (nSPS) is 14.4. The highest BCUT2D eigenvalue weighted by Crippen LogP contribution is 2.15. The number of nitrogens with zero attached hydrogens (tertiary/aromatic N) is 3. The van der Waals surface area contributed by atoms with E-state index in [1.165, 1.54) is 6.26 Å². The van der Waals surface area contributed by atoms with Crippen molar-refractivity contribution >= 4 is 35.8 Å². The average Bonchev–Trinajstić information content (AvgIpc) is 3.30. The van der Waals surface area contributed by atoms with E-state index in [0.717, 1.165) is 11.5 Å². The van der Waals surface area contributed by atoms with Crippen LogP contribution in [0, 0.1) is 0 Å². The van der Waals surface area contributed by atoms with E-state index in [2.05, 4.69) is 15.2 Å². The smallest absolute Gasteiger partial charge is 0.289 e. The van der Waals surface area contributed by atoms with Crippen LogP contribution in [0.15, 0.2) is 52.1 Å². The number of benzene rings is 1. The molecule has 0 aliphatic carbocycles. The van der Waals surface area contributed by atoms with Crippen LogP contribution in [0.2, 0.25) is 0 Å². The van der Waals surface area contributed by atoms with Gasteiger partial charge in [0.15, 0.2) is 11.7 Å². The highest BCUT2D eigenvalue weighted by atomic mass is 127. The van der Waals surface area contributed by atoms with Crippen LogP contribution in [0.3, 0.4) is 0 Å². The first-order valence-corrected chi connectivity index (χ1v) is 9.92. The van der Waals surface area contributed by atoms with E-state index in [1.54, 1.807) is 35.2 Å². The van der Waals surface area contributed by atoms with Crippen molar-refractivity contribution in [2.75, 3.05) is 39.3 Å². The van der Waals surface area contributed by atoms with E-state index in [1.807, 2.05) is 13.0 Å². The summed E-state index contributed by atoms with van der Waals surface area (Å²) in [5.41, 5.74) is 0.865. The Morgan fingerprint density at radius 2 is 1.94 bits per heavy atom. The minimum Gasteiger partial charge on any atom is -0.488 e. The monoisotopic (exact) mass is 548 g/mol. The molecule has 1 aliphatic rings. The second-order valence-corrected chi connectivity index (χ2v) is 6.78. The van der Waals surface area contributed by atoms with Crippen LogP contribution in [-0.2, 0) is 6.54 Å². The Morgan fingerprint density at radius 1 is 1.19 bits per heavy atom. The minimum absolute atomic E-state index is 0. The first-order chi connectivity index (χ1) is 14.6. The zero-order valence-electron chi connectivity index (χ0n) is 17.3. The van der Waals surface area contributed by atoms with Crippen LogP contribution in [0.1, 0.15) is 23.0 Å². The summed E-state index contributed by atoms with van der Waals surface area (Å²) in [7, 11) is 0. The summed E-state index contributed by atoms with van der Waals surface area (Å²) in [5, 5.41) is 3.27. The van der Waals surface area contributed by atoms with Crippen molar-refractivity contribution in [3.05, 3.63) is 54.0 Å². The van der Waals surface area contributed by atoms with Crippen molar-refractivity contribution in [3.63, 3.8) is 0 Å². The number of carbonyl (C=O) groups is 1. The third-order valence-corrected chi connectivity index (χ3v) is 4.62. The number of halogens is 3. The van der Waals surface area contributed by atoms with Crippen LogP contribution >= 0.6 is 24.0 Å². The second kappa shape index (κ2) is 12.5. The maximum Gasteiger partial charge on any atom is 0.289 e. The van der Waals surface area contributed by atoms with Crippen LogP contribution < -0.4 is 10.1 Å². The lowest BCUT2D eigenvalue weighted by atomic mass is 10.2. The zero-order valence-corrected chi connectivity index (χ0v) is 19.6. The number of carbonyl (C=O) groups excluding carboxylic acids is 1. The van der Waals surface area contributed by atoms with E-state index < -0.39 is 13.0 Å². The molecular formula is C21H27F2IN4O3. The molecule has 0 bridgehead atoms. The van der Waals surface area contributed by atoms with Crippen molar-refractivity contribution in [2.24, 2.45) is 4.99 Å². The number of rotatable bonds is 7. The third-order valence-electron chi connectivity index (χ3n) is 4.62. The first-order valence-electron chi connectivity index (χ1n) is 9.92. The summed E-state index contributed by atoms with van der Waals surface area (Å²) in [6, 6.07) is 10.4. The van der Waals surface area contributed by atoms with Gasteiger partial charge in [0.1, 0.15) is 12.4 Å². The van der Waals surface area contributed by atoms with Crippen molar-refractivity contribution in [2.45, 2.75) is 19.9 Å². The topological polar surface area (TPSA) is 70.3 Å². The molecule has 1 aromatic heterocycles. The lowest BCUT2D eigenvalue weighted by Gasteiger charge is -2.36. The molecule has 0 atom stereocenters. The van der Waals surface area contributed by atoms with Crippen molar-refractivity contribution in [3.8, 4) is 5.75 Å². The SMILES string of the molecule is CCNC(=NCc1cccc(OCC(F)F)c1)N1CCN(C(=O)c2ccco2)CC1.I. The molecule has 2 heterocycles. The Morgan fingerprint density at radius 3 is 2.58 bits per heavy atom. The summed E-state index contributed by atoms with van der Waals surface area (Å²) >= 11 is 0. The Labute approximate surface area is 197 Å². The Hall–Kier alpha value is -2.37. The highest BCUT2D eigenvalue weighted by Gasteiger charge is 2.25. The maximum atomic E-state index is 12.4. The molecule has 170 valence electrons. The molecule has 0 saturated carbocycles. The Bertz CT molecular complexity index is 841. The number of aliphatic imine (C=N–C) groups is 1. The van der Waals surface area contributed by atoms with Crippen LogP contribution in [0.25, 0.3) is 0 Å². The summed E-state index contributed by atoms with van der Waals surface area (Å²) in [6.07, 6.45) is -1.02. The van der Waals surface area contributed by atoms with Gasteiger partial charge in [0, 0.05) is 32.7 Å². The average molecular weight is 548 g/mol. The van der Waals surface area contributed by atoms with Gasteiger partial charge in [-0.15, -0.1) is 24.0 Å². The van der Waals surface area contributed by atoms with Crippen molar-refractivity contribution in [1.29, 1.82) is 0 Å². The maximum absolute atomic E-state index is 12.4. The molecule has 0 unspecified atom stereocenters. The number of hydrogen-bond donors (Lipinski definition) is 1. The number of nitrogens with one attached hydrogen (secondary N) is 1. The van der Waals surface area contributed by atoms with E-state index >= 15 is 0 Å². The quantitative estimate of drug-likeness (QED) is 0.326. The van der Waals surface area contributed by atoms with Crippen molar-refractivity contribution < 1.29 is 22.7 Å². The number of ether oxygens (including phenoxy) is 1. The van der Waals surface area contributed by atoms with Gasteiger partial charge in [-0.1, -0.05) is 12.1 Å².